The smallest absolute Gasteiger partial charge is 0.258 e. The molecule has 2 aromatic rings. The Morgan fingerprint density at radius 3 is 2.58 bits per heavy atom. The number of rotatable bonds is 3. The number of benzene rings is 1. The number of hydrogen-bond donors (Lipinski definition) is 0. The van der Waals surface area contributed by atoms with Crippen LogP contribution < -0.4 is 0 Å². The van der Waals surface area contributed by atoms with Gasteiger partial charge in [-0.3, -0.25) is 10.1 Å². The lowest BCUT2D eigenvalue weighted by Gasteiger charge is -2.04. The standard InChI is InChI=1S/C11H5Cl3N2O2S/c12-6-1-2-8(13)9(3-6)19-11-5-7(16(17)18)4-10(14)15-11/h1-5H. The Morgan fingerprint density at radius 1 is 1.16 bits per heavy atom. The quantitative estimate of drug-likeness (QED) is 0.445. The lowest BCUT2D eigenvalue weighted by Crippen LogP contribution is -1.91. The normalized spacial score (nSPS) is 10.5. The second-order valence-electron chi connectivity index (χ2n) is 3.42. The van der Waals surface area contributed by atoms with Crippen molar-refractivity contribution < 1.29 is 4.92 Å². The average molecular weight is 336 g/mol. The predicted molar refractivity (Wildman–Crippen MR) is 76.5 cm³/mol. The fourth-order valence-corrected chi connectivity index (χ4v) is 2.91. The minimum absolute atomic E-state index is 0.0508. The van der Waals surface area contributed by atoms with Crippen molar-refractivity contribution in [3.05, 3.63) is 55.6 Å². The third kappa shape index (κ3) is 3.73. The molecule has 0 N–H and O–H groups in total. The van der Waals surface area contributed by atoms with Crippen molar-refractivity contribution in [1.29, 1.82) is 0 Å². The van der Waals surface area contributed by atoms with Crippen LogP contribution in [0.5, 0.6) is 0 Å². The van der Waals surface area contributed by atoms with E-state index in [1.54, 1.807) is 18.2 Å². The van der Waals surface area contributed by atoms with Gasteiger partial charge in [0.15, 0.2) is 0 Å². The molecule has 4 nitrogen and oxygen atoms in total. The van der Waals surface area contributed by atoms with Gasteiger partial charge in [0.25, 0.3) is 5.69 Å². The van der Waals surface area contributed by atoms with Gasteiger partial charge in [-0.05, 0) is 18.2 Å². The van der Waals surface area contributed by atoms with Crippen LogP contribution in [0.2, 0.25) is 15.2 Å². The Balaban J connectivity index is 2.38. The van der Waals surface area contributed by atoms with E-state index in [2.05, 4.69) is 4.98 Å². The molecule has 0 amide bonds. The molecule has 19 heavy (non-hydrogen) atoms. The summed E-state index contributed by atoms with van der Waals surface area (Å²) in [5.41, 5.74) is -0.124. The second kappa shape index (κ2) is 5.96. The Labute approximate surface area is 127 Å². The van der Waals surface area contributed by atoms with Crippen molar-refractivity contribution in [3.8, 4) is 0 Å². The van der Waals surface area contributed by atoms with Gasteiger partial charge in [-0.1, -0.05) is 46.6 Å². The van der Waals surface area contributed by atoms with Crippen LogP contribution in [-0.2, 0) is 0 Å². The molecule has 0 radical (unpaired) electrons. The van der Waals surface area contributed by atoms with Crippen molar-refractivity contribution in [2.45, 2.75) is 9.92 Å². The van der Waals surface area contributed by atoms with E-state index >= 15 is 0 Å². The van der Waals surface area contributed by atoms with Crippen molar-refractivity contribution in [3.63, 3.8) is 0 Å². The van der Waals surface area contributed by atoms with Crippen LogP contribution >= 0.6 is 46.6 Å². The lowest BCUT2D eigenvalue weighted by atomic mass is 10.4. The van der Waals surface area contributed by atoms with Gasteiger partial charge >= 0.3 is 0 Å². The van der Waals surface area contributed by atoms with Crippen molar-refractivity contribution in [2.75, 3.05) is 0 Å². The number of halogens is 3. The fraction of sp³-hybridized carbons (Fsp3) is 0. The number of aromatic nitrogens is 1. The first kappa shape index (κ1) is 14.4. The molecule has 98 valence electrons. The summed E-state index contributed by atoms with van der Waals surface area (Å²) >= 11 is 18.8. The molecular weight excluding hydrogens is 331 g/mol. The van der Waals surface area contributed by atoms with E-state index in [-0.39, 0.29) is 10.8 Å². The Hall–Kier alpha value is -1.01. The van der Waals surface area contributed by atoms with Crippen LogP contribution in [0.15, 0.2) is 40.3 Å². The molecule has 0 bridgehead atoms. The summed E-state index contributed by atoms with van der Waals surface area (Å²) in [4.78, 5) is 14.9. The first-order valence-corrected chi connectivity index (χ1v) is 6.85. The Bertz CT molecular complexity index is 652. The highest BCUT2D eigenvalue weighted by Gasteiger charge is 2.12. The maximum atomic E-state index is 10.7. The molecule has 2 rings (SSSR count). The molecule has 0 saturated heterocycles. The van der Waals surface area contributed by atoms with Gasteiger partial charge in [0.05, 0.1) is 16.0 Å². The third-order valence-corrected chi connectivity index (χ3v) is 3.92. The average Bonchev–Trinajstić information content (AvgIpc) is 2.33. The van der Waals surface area contributed by atoms with E-state index in [9.17, 15) is 10.1 Å². The zero-order valence-electron chi connectivity index (χ0n) is 9.14. The van der Waals surface area contributed by atoms with Gasteiger partial charge in [-0.15, -0.1) is 0 Å². The van der Waals surface area contributed by atoms with Crippen LogP contribution in [0, 0.1) is 10.1 Å². The molecule has 0 aliphatic rings. The van der Waals surface area contributed by atoms with E-state index in [4.69, 9.17) is 34.8 Å². The molecule has 0 unspecified atom stereocenters. The summed E-state index contributed by atoms with van der Waals surface area (Å²) in [5, 5.41) is 12.2. The molecule has 0 atom stereocenters. The largest absolute Gasteiger partial charge is 0.275 e. The molecular formula is C11H5Cl3N2O2S. The molecule has 0 aliphatic heterocycles. The zero-order chi connectivity index (χ0) is 14.0. The molecule has 0 fully saturated rings. The van der Waals surface area contributed by atoms with Gasteiger partial charge < -0.3 is 0 Å². The molecule has 1 aromatic carbocycles. The van der Waals surface area contributed by atoms with Crippen LogP contribution in [-0.4, -0.2) is 9.91 Å². The van der Waals surface area contributed by atoms with Crippen molar-refractivity contribution in [1.82, 2.24) is 4.98 Å². The first-order valence-electron chi connectivity index (χ1n) is 4.90. The molecule has 1 heterocycles. The van der Waals surface area contributed by atoms with E-state index < -0.39 is 4.92 Å². The maximum Gasteiger partial charge on any atom is 0.275 e. The topological polar surface area (TPSA) is 56.0 Å². The third-order valence-electron chi connectivity index (χ3n) is 2.07. The summed E-state index contributed by atoms with van der Waals surface area (Å²) in [6, 6.07) is 7.47. The predicted octanol–water partition coefficient (Wildman–Crippen LogP) is 5.10. The van der Waals surface area contributed by atoms with E-state index in [1.807, 2.05) is 0 Å². The van der Waals surface area contributed by atoms with Gasteiger partial charge in [0.2, 0.25) is 0 Å². The molecule has 8 heteroatoms. The second-order valence-corrected chi connectivity index (χ2v) is 5.71. The maximum absolute atomic E-state index is 10.7. The summed E-state index contributed by atoms with van der Waals surface area (Å²) in [7, 11) is 0. The molecule has 1 aromatic heterocycles. The van der Waals surface area contributed by atoms with Crippen LogP contribution in [0.1, 0.15) is 0 Å². The fourth-order valence-electron chi connectivity index (χ4n) is 1.29. The van der Waals surface area contributed by atoms with Gasteiger partial charge in [0, 0.05) is 16.0 Å². The summed E-state index contributed by atoms with van der Waals surface area (Å²) < 4.78 is 0. The summed E-state index contributed by atoms with van der Waals surface area (Å²) in [6.07, 6.45) is 0. The molecule has 0 aliphatic carbocycles. The highest BCUT2D eigenvalue weighted by Crippen LogP contribution is 2.35. The van der Waals surface area contributed by atoms with Crippen molar-refractivity contribution in [2.24, 2.45) is 0 Å². The summed E-state index contributed by atoms with van der Waals surface area (Å²) in [5.74, 6) is 0. The van der Waals surface area contributed by atoms with E-state index in [0.29, 0.717) is 20.0 Å². The zero-order valence-corrected chi connectivity index (χ0v) is 12.2. The van der Waals surface area contributed by atoms with Crippen LogP contribution in [0.4, 0.5) is 5.69 Å². The molecule has 0 saturated carbocycles. The minimum Gasteiger partial charge on any atom is -0.258 e. The molecule has 0 spiro atoms. The number of nitrogens with zero attached hydrogens (tertiary/aromatic N) is 2. The monoisotopic (exact) mass is 334 g/mol. The van der Waals surface area contributed by atoms with E-state index in [1.165, 1.54) is 12.1 Å². The number of pyridine rings is 1. The highest BCUT2D eigenvalue weighted by atomic mass is 35.5. The SMILES string of the molecule is O=[N+]([O-])c1cc(Cl)nc(Sc2cc(Cl)ccc2Cl)c1. The van der Waals surface area contributed by atoms with Gasteiger partial charge in [-0.2, -0.15) is 0 Å². The lowest BCUT2D eigenvalue weighted by molar-refractivity contribution is -0.385. The van der Waals surface area contributed by atoms with Crippen LogP contribution in [0.25, 0.3) is 0 Å². The van der Waals surface area contributed by atoms with Crippen molar-refractivity contribution >= 4 is 52.3 Å². The number of hydrogen-bond acceptors (Lipinski definition) is 4. The first-order chi connectivity index (χ1) is 8.95. The number of nitro groups is 1. The minimum atomic E-state index is -0.531. The van der Waals surface area contributed by atoms with Gasteiger partial charge in [-0.25, -0.2) is 4.98 Å². The Kier molecular flexibility index (Phi) is 4.52. The van der Waals surface area contributed by atoms with Gasteiger partial charge in [0.1, 0.15) is 10.2 Å². The van der Waals surface area contributed by atoms with E-state index in [0.717, 1.165) is 11.8 Å². The highest BCUT2D eigenvalue weighted by molar-refractivity contribution is 7.99. The Morgan fingerprint density at radius 2 is 1.89 bits per heavy atom. The van der Waals surface area contributed by atoms with Crippen LogP contribution in [0.3, 0.4) is 0 Å². The summed E-state index contributed by atoms with van der Waals surface area (Å²) in [6.45, 7) is 0.